The van der Waals surface area contributed by atoms with Gasteiger partial charge in [-0.1, -0.05) is 25.5 Å². The second-order valence-corrected chi connectivity index (χ2v) is 13.7. The van der Waals surface area contributed by atoms with Crippen molar-refractivity contribution in [3.05, 3.63) is 11.6 Å². The highest BCUT2D eigenvalue weighted by Gasteiger charge is 2.72. The Bertz CT molecular complexity index is 1200. The lowest BCUT2D eigenvalue weighted by Gasteiger charge is -2.42. The molecule has 0 bridgehead atoms. The second-order valence-electron chi connectivity index (χ2n) is 13.7. The third kappa shape index (κ3) is 8.37. The molecule has 1 spiro atoms. The van der Waals surface area contributed by atoms with Crippen molar-refractivity contribution in [2.45, 2.75) is 115 Å². The number of ether oxygens (including phenoxy) is 4. The fourth-order valence-electron chi connectivity index (χ4n) is 7.09. The maximum absolute atomic E-state index is 13.2. The maximum Gasteiger partial charge on any atom is 0.407 e. The average Bonchev–Trinajstić information content (AvgIpc) is 3.84. The number of allylic oxidation sites excluding steroid dienone is 1. The molecular formula is C32H50N4O10. The second kappa shape index (κ2) is 14.7. The predicted molar refractivity (Wildman–Crippen MR) is 165 cm³/mol. The summed E-state index contributed by atoms with van der Waals surface area (Å²) >= 11 is 0. The number of methoxy groups -OCH3 is 1. The minimum absolute atomic E-state index is 0.0155. The summed E-state index contributed by atoms with van der Waals surface area (Å²) in [5, 5.41) is 16.4. The summed E-state index contributed by atoms with van der Waals surface area (Å²) in [5.74, 6) is -2.85. The molecule has 4 rings (SSSR count). The number of epoxide rings is 2. The van der Waals surface area contributed by atoms with Crippen LogP contribution in [0.15, 0.2) is 11.6 Å². The number of carboxylic acids is 1. The Balaban J connectivity index is 1.31. The molecule has 4 amide bonds. The Labute approximate surface area is 270 Å². The van der Waals surface area contributed by atoms with Gasteiger partial charge in [0.25, 0.3) is 0 Å². The van der Waals surface area contributed by atoms with E-state index in [4.69, 9.17) is 24.1 Å². The van der Waals surface area contributed by atoms with Crippen LogP contribution in [-0.4, -0.2) is 115 Å². The van der Waals surface area contributed by atoms with Crippen LogP contribution in [0.2, 0.25) is 0 Å². The molecule has 0 radical (unpaired) electrons. The van der Waals surface area contributed by atoms with Gasteiger partial charge in [-0.3, -0.25) is 19.2 Å². The van der Waals surface area contributed by atoms with Gasteiger partial charge in [-0.25, -0.2) is 4.79 Å². The molecule has 0 aromatic heterocycles. The highest BCUT2D eigenvalue weighted by Crippen LogP contribution is 2.59. The van der Waals surface area contributed by atoms with E-state index < -0.39 is 66.2 Å². The van der Waals surface area contributed by atoms with Gasteiger partial charge in [-0.15, -0.1) is 0 Å². The summed E-state index contributed by atoms with van der Waals surface area (Å²) < 4.78 is 23.9. The zero-order valence-electron chi connectivity index (χ0n) is 27.8. The number of nitrogens with one attached hydrogen (secondary N) is 3. The topological polar surface area (TPSA) is 188 Å². The van der Waals surface area contributed by atoms with Gasteiger partial charge in [0, 0.05) is 13.7 Å². The number of likely N-dealkylation sites (tertiary alicyclic amines) is 1. The van der Waals surface area contributed by atoms with Crippen LogP contribution in [0.5, 0.6) is 0 Å². The van der Waals surface area contributed by atoms with E-state index in [9.17, 15) is 24.0 Å². The number of carbonyl (C=O) groups is 5. The Hall–Kier alpha value is -3.23. The summed E-state index contributed by atoms with van der Waals surface area (Å²) in [6.07, 6.45) is 3.65. The third-order valence-corrected chi connectivity index (χ3v) is 9.51. The van der Waals surface area contributed by atoms with Gasteiger partial charge in [0.15, 0.2) is 0 Å². The van der Waals surface area contributed by atoms with Crippen molar-refractivity contribution < 1.29 is 48.0 Å². The summed E-state index contributed by atoms with van der Waals surface area (Å²) in [6.45, 7) is 9.90. The predicted octanol–water partition coefficient (Wildman–Crippen LogP) is 1.51. The molecule has 8 atom stereocenters. The van der Waals surface area contributed by atoms with E-state index in [2.05, 4.69) is 29.0 Å². The van der Waals surface area contributed by atoms with E-state index in [1.807, 2.05) is 27.7 Å². The van der Waals surface area contributed by atoms with Crippen molar-refractivity contribution in [2.75, 3.05) is 33.4 Å². The van der Waals surface area contributed by atoms with Gasteiger partial charge in [0.2, 0.25) is 17.7 Å². The molecule has 0 aromatic rings. The van der Waals surface area contributed by atoms with Crippen molar-refractivity contribution in [2.24, 2.45) is 11.8 Å². The molecule has 46 heavy (non-hydrogen) atoms. The van der Waals surface area contributed by atoms with Crippen molar-refractivity contribution in [1.29, 1.82) is 0 Å². The standard InChI is InChI=1S/C32H50N4O10/c1-18(2)9-10-23-31(5,46-23)27-26(43-6)22(11-12-32(27)17-44-32)45-30(42)34-15-24(37)36-13-7-8-21(36)29(41)35-20(14-19(3)4)28(40)33-16-25(38)39/h9,19-23,26-27H,7-8,10-17H2,1-6H3,(H,33,40)(H,34,42)(H,35,41)(H,38,39)/t20-,21?,22+,23+,26+,27+,31-,32-/m0/s1. The molecule has 14 heteroatoms. The van der Waals surface area contributed by atoms with E-state index >= 15 is 0 Å². The van der Waals surface area contributed by atoms with Gasteiger partial charge in [0.1, 0.15) is 48.6 Å². The first-order valence-corrected chi connectivity index (χ1v) is 16.2. The number of hydrogen-bond acceptors (Lipinski definition) is 9. The molecule has 4 fully saturated rings. The number of amides is 4. The number of carbonyl (C=O) groups excluding carboxylic acids is 4. The van der Waals surface area contributed by atoms with Crippen LogP contribution in [0.1, 0.15) is 73.1 Å². The fourth-order valence-corrected chi connectivity index (χ4v) is 7.09. The van der Waals surface area contributed by atoms with Crippen molar-refractivity contribution in [3.8, 4) is 0 Å². The number of nitrogens with zero attached hydrogens (tertiary/aromatic N) is 1. The Morgan fingerprint density at radius 1 is 1.11 bits per heavy atom. The molecule has 0 aromatic carbocycles. The van der Waals surface area contributed by atoms with Gasteiger partial charge in [-0.2, -0.15) is 0 Å². The highest BCUT2D eigenvalue weighted by atomic mass is 16.6. The first-order chi connectivity index (χ1) is 21.7. The zero-order chi connectivity index (χ0) is 33.8. The van der Waals surface area contributed by atoms with Crippen LogP contribution >= 0.6 is 0 Å². The van der Waals surface area contributed by atoms with Crippen LogP contribution in [0, 0.1) is 11.8 Å². The van der Waals surface area contributed by atoms with Gasteiger partial charge < -0.3 is 44.9 Å². The molecular weight excluding hydrogens is 600 g/mol. The molecule has 3 aliphatic heterocycles. The van der Waals surface area contributed by atoms with E-state index in [1.165, 1.54) is 10.5 Å². The third-order valence-electron chi connectivity index (χ3n) is 9.51. The summed E-state index contributed by atoms with van der Waals surface area (Å²) in [5.41, 5.74) is 0.373. The van der Waals surface area contributed by atoms with Crippen LogP contribution in [0.3, 0.4) is 0 Å². The van der Waals surface area contributed by atoms with Crippen molar-refractivity contribution >= 4 is 29.8 Å². The maximum atomic E-state index is 13.2. The Morgan fingerprint density at radius 3 is 2.43 bits per heavy atom. The summed E-state index contributed by atoms with van der Waals surface area (Å²) in [7, 11) is 1.59. The van der Waals surface area contributed by atoms with Crippen LogP contribution in [0.25, 0.3) is 0 Å². The number of hydrogen-bond donors (Lipinski definition) is 4. The first kappa shape index (κ1) is 35.6. The lowest BCUT2D eigenvalue weighted by molar-refractivity contribution is -0.140. The van der Waals surface area contributed by atoms with E-state index in [0.29, 0.717) is 45.3 Å². The average molecular weight is 651 g/mol. The molecule has 1 aliphatic carbocycles. The number of alkyl carbamates (subject to hydrolysis) is 1. The molecule has 3 heterocycles. The lowest BCUT2D eigenvalue weighted by atomic mass is 9.68. The molecule has 4 N–H and O–H groups in total. The van der Waals surface area contributed by atoms with E-state index in [1.54, 1.807) is 7.11 Å². The fraction of sp³-hybridized carbons (Fsp3) is 0.781. The van der Waals surface area contributed by atoms with Crippen LogP contribution in [-0.2, 0) is 38.1 Å². The van der Waals surface area contributed by atoms with E-state index in [0.717, 1.165) is 6.42 Å². The SMILES string of the molecule is CO[C@@H]1[C@H](OC(=O)NCC(=O)N2CCCC2C(=O)N[C@@H](CC(C)C)C(=O)NCC(=O)O)CC[C@]2(CO2)[C@H]1[C@@]1(C)O[C@@H]1CC=C(C)C. The minimum Gasteiger partial charge on any atom is -0.480 e. The quantitative estimate of drug-likeness (QED) is 0.159. The summed E-state index contributed by atoms with van der Waals surface area (Å²) in [4.78, 5) is 64.1. The van der Waals surface area contributed by atoms with Crippen LogP contribution < -0.4 is 16.0 Å². The Kier molecular flexibility index (Phi) is 11.4. The molecule has 14 nitrogen and oxygen atoms in total. The number of aliphatic carboxylic acids is 1. The smallest absolute Gasteiger partial charge is 0.407 e. The first-order valence-electron chi connectivity index (χ1n) is 16.2. The molecule has 1 unspecified atom stereocenters. The largest absolute Gasteiger partial charge is 0.480 e. The normalized spacial score (nSPS) is 32.0. The van der Waals surface area contributed by atoms with E-state index in [-0.39, 0.29) is 30.1 Å². The van der Waals surface area contributed by atoms with Gasteiger partial charge >= 0.3 is 12.1 Å². The Morgan fingerprint density at radius 2 is 1.83 bits per heavy atom. The lowest BCUT2D eigenvalue weighted by Crippen LogP contribution is -2.56. The van der Waals surface area contributed by atoms with Gasteiger partial charge in [-0.05, 0) is 65.2 Å². The van der Waals surface area contributed by atoms with Crippen molar-refractivity contribution in [3.63, 3.8) is 0 Å². The molecule has 3 saturated heterocycles. The highest BCUT2D eigenvalue weighted by molar-refractivity contribution is 5.93. The van der Waals surface area contributed by atoms with Crippen molar-refractivity contribution in [1.82, 2.24) is 20.9 Å². The summed E-state index contributed by atoms with van der Waals surface area (Å²) in [6, 6.07) is -1.77. The van der Waals surface area contributed by atoms with Gasteiger partial charge in [0.05, 0.1) is 18.6 Å². The minimum atomic E-state index is -1.20. The molecule has 258 valence electrons. The zero-order valence-corrected chi connectivity index (χ0v) is 27.8. The van der Waals surface area contributed by atoms with Crippen LogP contribution in [0.4, 0.5) is 4.79 Å². The number of rotatable bonds is 14. The molecule has 4 aliphatic rings. The molecule has 1 saturated carbocycles. The number of carboxylic acid groups (broad SMARTS) is 1. The monoisotopic (exact) mass is 650 g/mol.